The zero-order chi connectivity index (χ0) is 11.5. The number of hydrogen-bond donors (Lipinski definition) is 2. The minimum Gasteiger partial charge on any atom is -0.507 e. The fourth-order valence-electron chi connectivity index (χ4n) is 1.74. The highest BCUT2D eigenvalue weighted by Gasteiger charge is 2.19. The number of amides is 1. The van der Waals surface area contributed by atoms with E-state index >= 15 is 0 Å². The molecule has 0 spiro atoms. The number of rotatable bonds is 2. The second kappa shape index (κ2) is 4.78. The number of hydrogen-bond acceptors (Lipinski definition) is 3. The van der Waals surface area contributed by atoms with E-state index in [0.717, 1.165) is 23.5 Å². The SMILES string of the molecule is Cc1ccc(O)c(C(=O)NC2CCSC2)c1. The van der Waals surface area contributed by atoms with Gasteiger partial charge in [0.1, 0.15) is 5.75 Å². The van der Waals surface area contributed by atoms with Crippen molar-refractivity contribution in [2.24, 2.45) is 0 Å². The maximum Gasteiger partial charge on any atom is 0.255 e. The highest BCUT2D eigenvalue weighted by Crippen LogP contribution is 2.21. The summed E-state index contributed by atoms with van der Waals surface area (Å²) < 4.78 is 0. The predicted molar refractivity (Wildman–Crippen MR) is 66.0 cm³/mol. The molecule has 0 radical (unpaired) electrons. The molecule has 1 amide bonds. The molecule has 3 nitrogen and oxygen atoms in total. The molecule has 1 unspecified atom stereocenters. The first kappa shape index (κ1) is 11.3. The maximum atomic E-state index is 11.9. The lowest BCUT2D eigenvalue weighted by Gasteiger charge is -2.12. The van der Waals surface area contributed by atoms with Crippen molar-refractivity contribution in [3.63, 3.8) is 0 Å². The van der Waals surface area contributed by atoms with Gasteiger partial charge in [-0.15, -0.1) is 0 Å². The van der Waals surface area contributed by atoms with Gasteiger partial charge in [0.15, 0.2) is 0 Å². The fourth-order valence-corrected chi connectivity index (χ4v) is 2.90. The molecule has 1 fully saturated rings. The van der Waals surface area contributed by atoms with Crippen molar-refractivity contribution >= 4 is 17.7 Å². The first-order valence-electron chi connectivity index (χ1n) is 5.35. The molecular weight excluding hydrogens is 222 g/mol. The number of carbonyl (C=O) groups excluding carboxylic acids is 1. The number of phenols is 1. The van der Waals surface area contributed by atoms with Crippen molar-refractivity contribution < 1.29 is 9.90 Å². The lowest BCUT2D eigenvalue weighted by molar-refractivity contribution is 0.0938. The summed E-state index contributed by atoms with van der Waals surface area (Å²) in [5, 5.41) is 12.6. The van der Waals surface area contributed by atoms with E-state index in [1.165, 1.54) is 0 Å². The molecule has 2 N–H and O–H groups in total. The lowest BCUT2D eigenvalue weighted by atomic mass is 10.1. The van der Waals surface area contributed by atoms with Crippen LogP contribution in [0, 0.1) is 6.92 Å². The number of benzene rings is 1. The van der Waals surface area contributed by atoms with Crippen molar-refractivity contribution in [1.82, 2.24) is 5.32 Å². The molecule has 1 saturated heterocycles. The number of phenolic OH excluding ortho intramolecular Hbond substituents is 1. The predicted octanol–water partition coefficient (Wildman–Crippen LogP) is 1.94. The van der Waals surface area contributed by atoms with Gasteiger partial charge in [0.2, 0.25) is 0 Å². The number of nitrogens with one attached hydrogen (secondary N) is 1. The highest BCUT2D eigenvalue weighted by molar-refractivity contribution is 7.99. The number of aromatic hydroxyl groups is 1. The van der Waals surface area contributed by atoms with Gasteiger partial charge in [-0.05, 0) is 31.2 Å². The van der Waals surface area contributed by atoms with E-state index in [2.05, 4.69) is 5.32 Å². The molecule has 1 aliphatic rings. The molecule has 0 saturated carbocycles. The van der Waals surface area contributed by atoms with Gasteiger partial charge in [-0.25, -0.2) is 0 Å². The zero-order valence-corrected chi connectivity index (χ0v) is 10.0. The van der Waals surface area contributed by atoms with Crippen LogP contribution in [0.15, 0.2) is 18.2 Å². The van der Waals surface area contributed by atoms with Crippen LogP contribution in [0.1, 0.15) is 22.3 Å². The Morgan fingerprint density at radius 3 is 3.06 bits per heavy atom. The Morgan fingerprint density at radius 1 is 1.56 bits per heavy atom. The number of carbonyl (C=O) groups is 1. The first-order valence-corrected chi connectivity index (χ1v) is 6.50. The molecule has 1 heterocycles. The van der Waals surface area contributed by atoms with Gasteiger partial charge in [0, 0.05) is 11.8 Å². The van der Waals surface area contributed by atoms with E-state index in [1.54, 1.807) is 18.2 Å². The topological polar surface area (TPSA) is 49.3 Å². The van der Waals surface area contributed by atoms with Crippen LogP contribution >= 0.6 is 11.8 Å². The van der Waals surface area contributed by atoms with Crippen LogP contribution < -0.4 is 5.32 Å². The molecule has 1 aromatic rings. The number of aryl methyl sites for hydroxylation is 1. The van der Waals surface area contributed by atoms with Crippen LogP contribution in [0.4, 0.5) is 0 Å². The average Bonchev–Trinajstić information content (AvgIpc) is 2.74. The van der Waals surface area contributed by atoms with Crippen LogP contribution in [0.3, 0.4) is 0 Å². The van der Waals surface area contributed by atoms with Gasteiger partial charge in [0.25, 0.3) is 5.91 Å². The third-order valence-corrected chi connectivity index (χ3v) is 3.82. The Bertz CT molecular complexity index is 400. The fraction of sp³-hybridized carbons (Fsp3) is 0.417. The van der Waals surface area contributed by atoms with Crippen LogP contribution in [-0.4, -0.2) is 28.6 Å². The van der Waals surface area contributed by atoms with Crippen molar-refractivity contribution in [2.45, 2.75) is 19.4 Å². The van der Waals surface area contributed by atoms with Gasteiger partial charge < -0.3 is 10.4 Å². The first-order chi connectivity index (χ1) is 7.66. The second-order valence-electron chi connectivity index (χ2n) is 4.05. The molecule has 1 aliphatic heterocycles. The van der Waals surface area contributed by atoms with E-state index in [0.29, 0.717) is 5.56 Å². The summed E-state index contributed by atoms with van der Waals surface area (Å²) in [6, 6.07) is 5.32. The number of thioether (sulfide) groups is 1. The smallest absolute Gasteiger partial charge is 0.255 e. The van der Waals surface area contributed by atoms with E-state index in [4.69, 9.17) is 0 Å². The summed E-state index contributed by atoms with van der Waals surface area (Å²) in [6.07, 6.45) is 1.02. The Balaban J connectivity index is 2.10. The summed E-state index contributed by atoms with van der Waals surface area (Å²) >= 11 is 1.85. The van der Waals surface area contributed by atoms with Gasteiger partial charge in [-0.3, -0.25) is 4.79 Å². The van der Waals surface area contributed by atoms with Crippen LogP contribution in [0.25, 0.3) is 0 Å². The molecule has 0 bridgehead atoms. The molecule has 2 rings (SSSR count). The standard InChI is InChI=1S/C12H15NO2S/c1-8-2-3-11(14)10(6-8)12(15)13-9-4-5-16-7-9/h2-3,6,9,14H,4-5,7H2,1H3,(H,13,15). The molecular formula is C12H15NO2S. The van der Waals surface area contributed by atoms with Crippen LogP contribution in [0.2, 0.25) is 0 Å². The lowest BCUT2D eigenvalue weighted by Crippen LogP contribution is -2.34. The summed E-state index contributed by atoms with van der Waals surface area (Å²) in [4.78, 5) is 11.9. The molecule has 0 aliphatic carbocycles. The molecule has 0 aromatic heterocycles. The van der Waals surface area contributed by atoms with Gasteiger partial charge in [-0.1, -0.05) is 11.6 Å². The Morgan fingerprint density at radius 2 is 2.38 bits per heavy atom. The molecule has 1 aromatic carbocycles. The minimum atomic E-state index is -0.172. The second-order valence-corrected chi connectivity index (χ2v) is 5.20. The van der Waals surface area contributed by atoms with Crippen LogP contribution in [-0.2, 0) is 0 Å². The third-order valence-electron chi connectivity index (χ3n) is 2.66. The Hall–Kier alpha value is -1.16. The van der Waals surface area contributed by atoms with Crippen molar-refractivity contribution in [3.05, 3.63) is 29.3 Å². The highest BCUT2D eigenvalue weighted by atomic mass is 32.2. The third kappa shape index (κ3) is 2.50. The minimum absolute atomic E-state index is 0.0498. The van der Waals surface area contributed by atoms with Crippen molar-refractivity contribution in [3.8, 4) is 5.75 Å². The van der Waals surface area contributed by atoms with E-state index in [-0.39, 0.29) is 17.7 Å². The summed E-state index contributed by atoms with van der Waals surface area (Å²) in [6.45, 7) is 1.90. The van der Waals surface area contributed by atoms with Gasteiger partial charge in [0.05, 0.1) is 5.56 Å². The summed E-state index contributed by atoms with van der Waals surface area (Å²) in [5.74, 6) is 1.95. The van der Waals surface area contributed by atoms with Crippen molar-refractivity contribution in [2.75, 3.05) is 11.5 Å². The summed E-state index contributed by atoms with van der Waals surface area (Å²) in [7, 11) is 0. The quantitative estimate of drug-likeness (QED) is 0.826. The molecule has 4 heteroatoms. The van der Waals surface area contributed by atoms with E-state index < -0.39 is 0 Å². The normalized spacial score (nSPS) is 19.7. The zero-order valence-electron chi connectivity index (χ0n) is 9.19. The Labute approximate surface area is 99.2 Å². The van der Waals surface area contributed by atoms with Crippen LogP contribution in [0.5, 0.6) is 5.75 Å². The molecule has 16 heavy (non-hydrogen) atoms. The van der Waals surface area contributed by atoms with E-state index in [9.17, 15) is 9.90 Å². The van der Waals surface area contributed by atoms with Gasteiger partial charge >= 0.3 is 0 Å². The monoisotopic (exact) mass is 237 g/mol. The summed E-state index contributed by atoms with van der Waals surface area (Å²) in [5.41, 5.74) is 1.35. The molecule has 86 valence electrons. The average molecular weight is 237 g/mol. The molecule has 1 atom stereocenters. The van der Waals surface area contributed by atoms with Gasteiger partial charge in [-0.2, -0.15) is 11.8 Å². The van der Waals surface area contributed by atoms with E-state index in [1.807, 2.05) is 18.7 Å². The largest absolute Gasteiger partial charge is 0.507 e. The Kier molecular flexibility index (Phi) is 3.39. The maximum absolute atomic E-state index is 11.9. The van der Waals surface area contributed by atoms with Crippen molar-refractivity contribution in [1.29, 1.82) is 0 Å².